The predicted octanol–water partition coefficient (Wildman–Crippen LogP) is 0.229. The van der Waals surface area contributed by atoms with Crippen LogP contribution in [0.25, 0.3) is 0 Å². The van der Waals surface area contributed by atoms with Crippen molar-refractivity contribution in [2.75, 3.05) is 7.11 Å². The fourth-order valence-electron chi connectivity index (χ4n) is 0.450. The van der Waals surface area contributed by atoms with Crippen molar-refractivity contribution in [1.82, 2.24) is 9.55 Å². The van der Waals surface area contributed by atoms with E-state index < -0.39 is 0 Å². The third kappa shape index (κ3) is 0.804. The van der Waals surface area contributed by atoms with Crippen molar-refractivity contribution in [3.8, 4) is 5.88 Å². The Kier molecular flexibility index (Phi) is 1.20. The molecule has 0 saturated heterocycles. The van der Waals surface area contributed by atoms with Gasteiger partial charge in [-0.2, -0.15) is 4.98 Å². The van der Waals surface area contributed by atoms with Crippen molar-refractivity contribution in [2.45, 2.75) is 0 Å². The van der Waals surface area contributed by atoms with Gasteiger partial charge in [0.25, 0.3) is 0 Å². The van der Waals surface area contributed by atoms with E-state index in [1.165, 1.54) is 0 Å². The van der Waals surface area contributed by atoms with Crippen molar-refractivity contribution in [2.24, 2.45) is 7.05 Å². The Labute approximate surface area is 47.9 Å². The molecule has 43 valence electrons. The van der Waals surface area contributed by atoms with Crippen LogP contribution in [0, 0.1) is 6.33 Å². The second-order valence-electron chi connectivity index (χ2n) is 1.49. The average Bonchev–Trinajstić information content (AvgIpc) is 2.14. The van der Waals surface area contributed by atoms with Gasteiger partial charge in [-0.05, 0) is 0 Å². The minimum atomic E-state index is 0.604. The van der Waals surface area contributed by atoms with E-state index in [-0.39, 0.29) is 0 Å². The molecule has 0 bridgehead atoms. The molecule has 1 heterocycles. The molecule has 3 nitrogen and oxygen atoms in total. The molecule has 0 unspecified atom stereocenters. The molecule has 0 atom stereocenters. The van der Waals surface area contributed by atoms with E-state index in [1.54, 1.807) is 17.9 Å². The van der Waals surface area contributed by atoms with E-state index >= 15 is 0 Å². The molecular formula is C5H7N2O. The van der Waals surface area contributed by atoms with E-state index in [1.807, 2.05) is 7.05 Å². The Bertz CT molecular complexity index is 171. The maximum Gasteiger partial charge on any atom is 0.232 e. The smallest absolute Gasteiger partial charge is 0.232 e. The molecule has 0 aliphatic heterocycles. The molecule has 1 rings (SSSR count). The lowest BCUT2D eigenvalue weighted by atomic mass is 10.8. The number of nitrogens with zero attached hydrogens (tertiary/aromatic N) is 2. The molecule has 0 saturated carbocycles. The summed E-state index contributed by atoms with van der Waals surface area (Å²) in [5, 5.41) is 0. The highest BCUT2D eigenvalue weighted by molar-refractivity contribution is 5.01. The van der Waals surface area contributed by atoms with E-state index in [4.69, 9.17) is 4.74 Å². The van der Waals surface area contributed by atoms with Crippen LogP contribution in [0.2, 0.25) is 0 Å². The SMILES string of the molecule is COc1cn(C)[c]n1. The van der Waals surface area contributed by atoms with Crippen LogP contribution in [0.3, 0.4) is 0 Å². The van der Waals surface area contributed by atoms with Gasteiger partial charge < -0.3 is 9.30 Å². The summed E-state index contributed by atoms with van der Waals surface area (Å²) in [6.07, 6.45) is 4.41. The van der Waals surface area contributed by atoms with Crippen LogP contribution in [0.15, 0.2) is 6.20 Å². The number of hydrogen-bond acceptors (Lipinski definition) is 2. The van der Waals surface area contributed by atoms with Gasteiger partial charge in [-0.3, -0.25) is 0 Å². The normalized spacial score (nSPS) is 9.25. The van der Waals surface area contributed by atoms with Crippen LogP contribution in [0.4, 0.5) is 0 Å². The number of methoxy groups -OCH3 is 1. The molecule has 1 radical (unpaired) electrons. The molecule has 0 fully saturated rings. The van der Waals surface area contributed by atoms with Gasteiger partial charge in [0.05, 0.1) is 13.3 Å². The van der Waals surface area contributed by atoms with Crippen LogP contribution in [-0.2, 0) is 7.05 Å². The van der Waals surface area contributed by atoms with Gasteiger partial charge in [-0.25, -0.2) is 0 Å². The Hall–Kier alpha value is -0.990. The summed E-state index contributed by atoms with van der Waals surface area (Å²) in [7, 11) is 3.42. The molecule has 1 aromatic rings. The van der Waals surface area contributed by atoms with Crippen LogP contribution in [0.1, 0.15) is 0 Å². The van der Waals surface area contributed by atoms with E-state index in [9.17, 15) is 0 Å². The zero-order valence-electron chi connectivity index (χ0n) is 4.88. The number of rotatable bonds is 1. The van der Waals surface area contributed by atoms with E-state index in [2.05, 4.69) is 11.3 Å². The summed E-state index contributed by atoms with van der Waals surface area (Å²) in [6.45, 7) is 0. The Morgan fingerprint density at radius 3 is 2.88 bits per heavy atom. The lowest BCUT2D eigenvalue weighted by molar-refractivity contribution is 0.399. The summed E-state index contributed by atoms with van der Waals surface area (Å²) in [6, 6.07) is 0. The first-order chi connectivity index (χ1) is 3.83. The minimum absolute atomic E-state index is 0.604. The van der Waals surface area contributed by atoms with Crippen molar-refractivity contribution in [3.63, 3.8) is 0 Å². The highest BCUT2D eigenvalue weighted by atomic mass is 16.5. The van der Waals surface area contributed by atoms with Gasteiger partial charge in [0.2, 0.25) is 5.88 Å². The topological polar surface area (TPSA) is 27.1 Å². The third-order valence-corrected chi connectivity index (χ3v) is 0.831. The van der Waals surface area contributed by atoms with Crippen LogP contribution in [-0.4, -0.2) is 16.7 Å². The zero-order valence-corrected chi connectivity index (χ0v) is 4.88. The summed E-state index contributed by atoms with van der Waals surface area (Å²) >= 11 is 0. The van der Waals surface area contributed by atoms with Crippen LogP contribution < -0.4 is 4.74 Å². The first kappa shape index (κ1) is 5.15. The maximum atomic E-state index is 4.77. The second kappa shape index (κ2) is 1.86. The highest BCUT2D eigenvalue weighted by Gasteiger charge is 1.90. The number of aromatic nitrogens is 2. The molecule has 0 amide bonds. The van der Waals surface area contributed by atoms with Gasteiger partial charge in [0, 0.05) is 7.05 Å². The zero-order chi connectivity index (χ0) is 5.98. The van der Waals surface area contributed by atoms with Crippen molar-refractivity contribution < 1.29 is 4.74 Å². The highest BCUT2D eigenvalue weighted by Crippen LogP contribution is 2.00. The Morgan fingerprint density at radius 2 is 2.62 bits per heavy atom. The monoisotopic (exact) mass is 111 g/mol. The standard InChI is InChI=1S/C5H7N2O/c1-7-3-5(8-2)6-4-7/h3H,1-2H3. The number of ether oxygens (including phenoxy) is 1. The first-order valence-electron chi connectivity index (χ1n) is 2.28. The van der Waals surface area contributed by atoms with Crippen LogP contribution >= 0.6 is 0 Å². The molecule has 3 heteroatoms. The van der Waals surface area contributed by atoms with Crippen molar-refractivity contribution in [1.29, 1.82) is 0 Å². The fourth-order valence-corrected chi connectivity index (χ4v) is 0.450. The molecule has 0 spiro atoms. The Morgan fingerprint density at radius 1 is 1.88 bits per heavy atom. The van der Waals surface area contributed by atoms with E-state index in [0.29, 0.717) is 5.88 Å². The quantitative estimate of drug-likeness (QED) is 0.518. The second-order valence-corrected chi connectivity index (χ2v) is 1.49. The molecule has 0 N–H and O–H groups in total. The number of aryl methyl sites for hydroxylation is 1. The number of imidazole rings is 1. The number of hydrogen-bond donors (Lipinski definition) is 0. The van der Waals surface area contributed by atoms with Gasteiger partial charge in [-0.15, -0.1) is 0 Å². The maximum absolute atomic E-state index is 4.77. The van der Waals surface area contributed by atoms with Crippen molar-refractivity contribution in [3.05, 3.63) is 12.5 Å². The molecule has 0 aliphatic rings. The third-order valence-electron chi connectivity index (χ3n) is 0.831. The molecule has 0 aliphatic carbocycles. The van der Waals surface area contributed by atoms with Gasteiger partial charge in [0.15, 0.2) is 6.33 Å². The van der Waals surface area contributed by atoms with Crippen molar-refractivity contribution >= 4 is 0 Å². The summed E-state index contributed by atoms with van der Waals surface area (Å²) < 4.78 is 6.48. The van der Waals surface area contributed by atoms with Gasteiger partial charge in [0.1, 0.15) is 0 Å². The Balaban J connectivity index is 2.84. The van der Waals surface area contributed by atoms with E-state index in [0.717, 1.165) is 0 Å². The lowest BCUT2D eigenvalue weighted by Crippen LogP contribution is -1.80. The largest absolute Gasteiger partial charge is 0.480 e. The minimum Gasteiger partial charge on any atom is -0.480 e. The predicted molar refractivity (Wildman–Crippen MR) is 28.6 cm³/mol. The average molecular weight is 111 g/mol. The summed E-state index contributed by atoms with van der Waals surface area (Å²) in [4.78, 5) is 3.75. The lowest BCUT2D eigenvalue weighted by Gasteiger charge is -1.86. The molecule has 8 heavy (non-hydrogen) atoms. The first-order valence-corrected chi connectivity index (χ1v) is 2.28. The molecule has 1 aromatic heterocycles. The molecular weight excluding hydrogens is 104 g/mol. The fraction of sp³-hybridized carbons (Fsp3) is 0.400. The molecule has 0 aromatic carbocycles. The van der Waals surface area contributed by atoms with Crippen LogP contribution in [0.5, 0.6) is 5.88 Å². The van der Waals surface area contributed by atoms with Gasteiger partial charge >= 0.3 is 0 Å². The summed E-state index contributed by atoms with van der Waals surface area (Å²) in [5.74, 6) is 0.604. The summed E-state index contributed by atoms with van der Waals surface area (Å²) in [5.41, 5.74) is 0. The van der Waals surface area contributed by atoms with Gasteiger partial charge in [-0.1, -0.05) is 0 Å².